The molecule has 0 saturated carbocycles. The summed E-state index contributed by atoms with van der Waals surface area (Å²) in [6.07, 6.45) is 8.54. The van der Waals surface area contributed by atoms with E-state index < -0.39 is 0 Å². The van der Waals surface area contributed by atoms with E-state index in [0.29, 0.717) is 62.1 Å². The zero-order valence-electron chi connectivity index (χ0n) is 22.9. The average molecular weight is 536 g/mol. The van der Waals surface area contributed by atoms with Crippen LogP contribution in [0.1, 0.15) is 38.4 Å². The maximum Gasteiger partial charge on any atom is 0.237 e. The lowest BCUT2D eigenvalue weighted by molar-refractivity contribution is -0.127. The Morgan fingerprint density at radius 1 is 1.21 bits per heavy atom. The molecule has 3 aromatic rings. The number of carbonyl (C=O) groups excluding carboxylic acids is 1. The van der Waals surface area contributed by atoms with Gasteiger partial charge in [0.15, 0.2) is 11.6 Å². The number of likely N-dealkylation sites (N-methyl/N-ethyl adjacent to an activating group) is 1. The van der Waals surface area contributed by atoms with Crippen LogP contribution in [0.15, 0.2) is 30.7 Å². The Balaban J connectivity index is 1.42. The maximum absolute atomic E-state index is 12.9. The van der Waals surface area contributed by atoms with Crippen molar-refractivity contribution < 1.29 is 19.0 Å². The summed E-state index contributed by atoms with van der Waals surface area (Å²) in [5.41, 5.74) is 3.07. The number of rotatable bonds is 7. The highest BCUT2D eigenvalue weighted by molar-refractivity contribution is 5.90. The molecule has 4 heterocycles. The monoisotopic (exact) mass is 535 g/mol. The second kappa shape index (κ2) is 12.6. The summed E-state index contributed by atoms with van der Waals surface area (Å²) in [7, 11) is 3.69. The number of piperidine rings is 1. The molecule has 0 radical (unpaired) electrons. The van der Waals surface area contributed by atoms with Gasteiger partial charge in [-0.05, 0) is 44.9 Å². The average Bonchev–Trinajstić information content (AvgIpc) is 2.96. The first-order valence-corrected chi connectivity index (χ1v) is 13.6. The number of nitrogens with zero attached hydrogens (tertiary/aromatic N) is 5. The number of fused-ring (bicyclic) bond motifs is 3. The molecule has 1 aromatic carbocycles. The molecule has 1 saturated heterocycles. The number of likely N-dealkylation sites (tertiary alicyclic amines) is 1. The van der Waals surface area contributed by atoms with Crippen LogP contribution in [0.4, 0.5) is 5.82 Å². The third-order valence-corrected chi connectivity index (χ3v) is 7.40. The molecule has 11 heteroatoms. The van der Waals surface area contributed by atoms with Crippen LogP contribution < -0.4 is 15.4 Å². The first-order chi connectivity index (χ1) is 19.1. The summed E-state index contributed by atoms with van der Waals surface area (Å²) in [4.78, 5) is 33.6. The Morgan fingerprint density at radius 3 is 2.85 bits per heavy atom. The lowest BCUT2D eigenvalue weighted by Crippen LogP contribution is -2.52. The molecular formula is C28H37N7O4. The molecule has 39 heavy (non-hydrogen) atoms. The van der Waals surface area contributed by atoms with Gasteiger partial charge in [0.25, 0.3) is 0 Å². The van der Waals surface area contributed by atoms with Gasteiger partial charge in [0, 0.05) is 49.8 Å². The highest BCUT2D eigenvalue weighted by Gasteiger charge is 2.31. The second-order valence-corrected chi connectivity index (χ2v) is 10.1. The number of methoxy groups -OCH3 is 1. The molecule has 11 nitrogen and oxygen atoms in total. The molecule has 4 bridgehead atoms. The third-order valence-electron chi connectivity index (χ3n) is 7.40. The number of benzene rings is 1. The summed E-state index contributed by atoms with van der Waals surface area (Å²) in [6, 6.07) is 3.86. The highest BCUT2D eigenvalue weighted by Crippen LogP contribution is 2.36. The van der Waals surface area contributed by atoms with Crippen molar-refractivity contribution in [1.82, 2.24) is 30.2 Å². The van der Waals surface area contributed by atoms with Crippen LogP contribution in [0.3, 0.4) is 0 Å². The predicted molar refractivity (Wildman–Crippen MR) is 147 cm³/mol. The molecule has 5 rings (SSSR count). The van der Waals surface area contributed by atoms with E-state index in [1.807, 2.05) is 19.2 Å². The number of anilines is 1. The van der Waals surface area contributed by atoms with Crippen molar-refractivity contribution in [3.05, 3.63) is 36.5 Å². The molecule has 2 aromatic heterocycles. The van der Waals surface area contributed by atoms with Crippen molar-refractivity contribution in [2.45, 2.75) is 57.4 Å². The van der Waals surface area contributed by atoms with Crippen LogP contribution in [0.2, 0.25) is 0 Å². The Bertz CT molecular complexity index is 1270. The van der Waals surface area contributed by atoms with Crippen LogP contribution >= 0.6 is 0 Å². The molecular weight excluding hydrogens is 498 g/mol. The molecule has 1 unspecified atom stereocenters. The van der Waals surface area contributed by atoms with Gasteiger partial charge >= 0.3 is 0 Å². The van der Waals surface area contributed by atoms with Crippen LogP contribution in [0.5, 0.6) is 5.75 Å². The Morgan fingerprint density at radius 2 is 2.05 bits per heavy atom. The number of nitrogens with one attached hydrogen (secondary N) is 2. The molecule has 0 aliphatic carbocycles. The highest BCUT2D eigenvalue weighted by atomic mass is 16.5. The lowest BCUT2D eigenvalue weighted by Gasteiger charge is -2.36. The lowest BCUT2D eigenvalue weighted by atomic mass is 9.97. The van der Waals surface area contributed by atoms with Gasteiger partial charge in [0.2, 0.25) is 5.91 Å². The van der Waals surface area contributed by atoms with Crippen molar-refractivity contribution in [2.24, 2.45) is 0 Å². The summed E-state index contributed by atoms with van der Waals surface area (Å²) in [6.45, 7) is 4.66. The molecule has 3 atom stereocenters. The van der Waals surface area contributed by atoms with Gasteiger partial charge in [-0.1, -0.05) is 6.92 Å². The van der Waals surface area contributed by atoms with Gasteiger partial charge in [-0.3, -0.25) is 14.7 Å². The molecule has 1 fully saturated rings. The Kier molecular flexibility index (Phi) is 8.80. The van der Waals surface area contributed by atoms with Crippen LogP contribution in [-0.2, 0) is 20.9 Å². The largest absolute Gasteiger partial charge is 0.491 e. The zero-order chi connectivity index (χ0) is 27.2. The second-order valence-electron chi connectivity index (χ2n) is 10.1. The van der Waals surface area contributed by atoms with Crippen molar-refractivity contribution in [3.8, 4) is 16.9 Å². The molecule has 2 N–H and O–H groups in total. The van der Waals surface area contributed by atoms with E-state index in [1.54, 1.807) is 25.7 Å². The van der Waals surface area contributed by atoms with Crippen LogP contribution in [0.25, 0.3) is 22.2 Å². The third kappa shape index (κ3) is 6.43. The summed E-state index contributed by atoms with van der Waals surface area (Å²) in [5.74, 6) is 1.95. The number of carbonyl (C=O) groups is 1. The van der Waals surface area contributed by atoms with Crippen molar-refractivity contribution in [3.63, 3.8) is 0 Å². The van der Waals surface area contributed by atoms with E-state index in [9.17, 15) is 4.79 Å². The molecule has 208 valence electrons. The van der Waals surface area contributed by atoms with Crippen LogP contribution in [-0.4, -0.2) is 89.4 Å². The van der Waals surface area contributed by atoms with Crippen molar-refractivity contribution in [1.29, 1.82) is 0 Å². The number of hydrogen-bond acceptors (Lipinski definition) is 10. The van der Waals surface area contributed by atoms with E-state index in [2.05, 4.69) is 37.4 Å². The minimum atomic E-state index is -0.169. The number of hydrogen-bond donors (Lipinski definition) is 2. The van der Waals surface area contributed by atoms with Crippen molar-refractivity contribution >= 4 is 22.8 Å². The predicted octanol–water partition coefficient (Wildman–Crippen LogP) is 2.80. The summed E-state index contributed by atoms with van der Waals surface area (Å²) >= 11 is 0. The fraction of sp³-hybridized carbons (Fsp3) is 0.536. The minimum Gasteiger partial charge on any atom is -0.491 e. The van der Waals surface area contributed by atoms with Crippen LogP contribution in [0, 0.1) is 0 Å². The minimum absolute atomic E-state index is 0.0531. The van der Waals surface area contributed by atoms with E-state index in [-0.39, 0.29) is 24.1 Å². The smallest absolute Gasteiger partial charge is 0.237 e. The first-order valence-electron chi connectivity index (χ1n) is 13.6. The van der Waals surface area contributed by atoms with Gasteiger partial charge in [-0.2, -0.15) is 0 Å². The maximum atomic E-state index is 12.9. The van der Waals surface area contributed by atoms with E-state index in [1.165, 1.54) is 0 Å². The van der Waals surface area contributed by atoms with E-state index >= 15 is 0 Å². The molecule has 0 spiro atoms. The van der Waals surface area contributed by atoms with E-state index in [0.717, 1.165) is 36.0 Å². The molecule has 2 aliphatic heterocycles. The fourth-order valence-corrected chi connectivity index (χ4v) is 5.00. The van der Waals surface area contributed by atoms with Gasteiger partial charge < -0.3 is 24.8 Å². The van der Waals surface area contributed by atoms with Crippen molar-refractivity contribution in [2.75, 3.05) is 45.8 Å². The van der Waals surface area contributed by atoms with Gasteiger partial charge in [0.1, 0.15) is 17.9 Å². The van der Waals surface area contributed by atoms with E-state index in [4.69, 9.17) is 19.2 Å². The Labute approximate surface area is 228 Å². The summed E-state index contributed by atoms with van der Waals surface area (Å²) < 4.78 is 17.4. The number of amides is 1. The summed E-state index contributed by atoms with van der Waals surface area (Å²) in [5, 5.41) is 6.59. The normalized spacial score (nSPS) is 21.1. The number of ether oxygens (including phenoxy) is 3. The molecule has 1 amide bonds. The SMILES string of the molecule is CCC(COCc1ncc(-c2ccc3ncc4nc3c2OCCCNC(=O)[C@@H]2C[C@H](CCN2C)N4)cn1)OC. The Hall–Kier alpha value is -3.41. The fourth-order valence-electron chi connectivity index (χ4n) is 5.00. The topological polar surface area (TPSA) is 124 Å². The first kappa shape index (κ1) is 27.2. The zero-order valence-corrected chi connectivity index (χ0v) is 22.9. The number of aromatic nitrogens is 4. The molecule has 2 aliphatic rings. The van der Waals surface area contributed by atoms with Gasteiger partial charge in [-0.25, -0.2) is 15.0 Å². The standard InChI is InChI=1S/C28H37N7O4/c1-4-20(37-3)16-38-17-25-31-13-18(14-32-25)21-6-7-22-26-27(21)39-11-5-9-29-28(36)23-12-19(8-10-35(23)2)33-24(34-26)15-30-22/h6-7,13-15,19-20,23H,4-5,8-12,16-17H2,1-3H3,(H,29,36)(H,33,34)/t19-,20?,23-/m0/s1. The van der Waals surface area contributed by atoms with Gasteiger partial charge in [0.05, 0.1) is 37.1 Å². The quantitative estimate of drug-likeness (QED) is 0.467. The van der Waals surface area contributed by atoms with Gasteiger partial charge in [-0.15, -0.1) is 0 Å².